The third-order valence-corrected chi connectivity index (χ3v) is 2.25. The van der Waals surface area contributed by atoms with Crippen molar-refractivity contribution in [2.24, 2.45) is 0 Å². The fraction of sp³-hybridized carbons (Fsp3) is 0.0769. The molecule has 0 fully saturated rings. The van der Waals surface area contributed by atoms with Crippen LogP contribution in [0.1, 0.15) is 5.56 Å². The highest BCUT2D eigenvalue weighted by Gasteiger charge is 2.34. The first-order valence-electron chi connectivity index (χ1n) is 5.21. The van der Waals surface area contributed by atoms with Gasteiger partial charge in [-0.05, 0) is 24.3 Å². The standard InChI is InChI=1S/C13H10F3NO/c14-13(15,16)11-8-4-5-9-12(11)18-17-10-6-2-1-3-7-10/h1-9,17H. The number of benzene rings is 2. The lowest BCUT2D eigenvalue weighted by Crippen LogP contribution is -2.11. The molecule has 1 N–H and O–H groups in total. The van der Waals surface area contributed by atoms with E-state index in [0.717, 1.165) is 6.07 Å². The topological polar surface area (TPSA) is 21.3 Å². The Bertz CT molecular complexity index is 511. The van der Waals surface area contributed by atoms with Gasteiger partial charge in [0.2, 0.25) is 0 Å². The summed E-state index contributed by atoms with van der Waals surface area (Å²) in [6, 6.07) is 13.7. The summed E-state index contributed by atoms with van der Waals surface area (Å²) in [5.41, 5.74) is 2.24. The van der Waals surface area contributed by atoms with Crippen molar-refractivity contribution in [3.63, 3.8) is 0 Å². The van der Waals surface area contributed by atoms with Crippen molar-refractivity contribution in [2.75, 3.05) is 5.48 Å². The van der Waals surface area contributed by atoms with Crippen LogP contribution in [0, 0.1) is 0 Å². The Kier molecular flexibility index (Phi) is 3.41. The first-order valence-corrected chi connectivity index (χ1v) is 5.21. The van der Waals surface area contributed by atoms with Gasteiger partial charge >= 0.3 is 6.18 Å². The third kappa shape index (κ3) is 2.94. The van der Waals surface area contributed by atoms with Gasteiger partial charge in [0, 0.05) is 0 Å². The Balaban J connectivity index is 2.15. The molecule has 2 nitrogen and oxygen atoms in total. The zero-order valence-corrected chi connectivity index (χ0v) is 9.24. The fourth-order valence-electron chi connectivity index (χ4n) is 1.41. The molecule has 0 bridgehead atoms. The van der Waals surface area contributed by atoms with Crippen LogP contribution in [-0.2, 0) is 6.18 Å². The van der Waals surface area contributed by atoms with E-state index in [0.29, 0.717) is 5.69 Å². The predicted octanol–water partition coefficient (Wildman–Crippen LogP) is 4.11. The molecule has 2 rings (SSSR count). The Morgan fingerprint density at radius 1 is 0.833 bits per heavy atom. The normalized spacial score (nSPS) is 11.1. The molecule has 0 aliphatic heterocycles. The van der Waals surface area contributed by atoms with Gasteiger partial charge in [-0.3, -0.25) is 0 Å². The summed E-state index contributed by atoms with van der Waals surface area (Å²) in [6.07, 6.45) is -4.44. The van der Waals surface area contributed by atoms with Gasteiger partial charge in [-0.1, -0.05) is 30.3 Å². The molecule has 0 heterocycles. The zero-order valence-electron chi connectivity index (χ0n) is 9.24. The molecule has 0 radical (unpaired) electrons. The Hall–Kier alpha value is -2.17. The van der Waals surface area contributed by atoms with Gasteiger partial charge in [0.25, 0.3) is 0 Å². The van der Waals surface area contributed by atoms with E-state index in [9.17, 15) is 13.2 Å². The van der Waals surface area contributed by atoms with Crippen molar-refractivity contribution in [3.8, 4) is 5.75 Å². The van der Waals surface area contributed by atoms with Crippen molar-refractivity contribution in [2.45, 2.75) is 6.18 Å². The molecular weight excluding hydrogens is 243 g/mol. The molecule has 0 unspecified atom stereocenters. The average molecular weight is 253 g/mol. The van der Waals surface area contributed by atoms with E-state index < -0.39 is 11.7 Å². The van der Waals surface area contributed by atoms with Crippen LogP contribution in [0.4, 0.5) is 18.9 Å². The Labute approximate surface area is 102 Å². The van der Waals surface area contributed by atoms with Gasteiger partial charge < -0.3 is 4.84 Å². The molecule has 0 amide bonds. The lowest BCUT2D eigenvalue weighted by Gasteiger charge is -2.13. The van der Waals surface area contributed by atoms with E-state index in [2.05, 4.69) is 5.48 Å². The van der Waals surface area contributed by atoms with Gasteiger partial charge in [0.15, 0.2) is 5.75 Å². The second kappa shape index (κ2) is 5.00. The fourth-order valence-corrected chi connectivity index (χ4v) is 1.41. The van der Waals surface area contributed by atoms with E-state index in [1.807, 2.05) is 0 Å². The molecule has 0 aromatic heterocycles. The molecule has 5 heteroatoms. The number of halogens is 3. The van der Waals surface area contributed by atoms with Crippen LogP contribution >= 0.6 is 0 Å². The van der Waals surface area contributed by atoms with E-state index in [4.69, 9.17) is 4.84 Å². The van der Waals surface area contributed by atoms with Crippen LogP contribution in [0.3, 0.4) is 0 Å². The maximum atomic E-state index is 12.7. The minimum Gasteiger partial charge on any atom is -0.382 e. The summed E-state index contributed by atoms with van der Waals surface area (Å²) in [5, 5.41) is 0. The van der Waals surface area contributed by atoms with Crippen molar-refractivity contribution in [1.82, 2.24) is 0 Å². The number of para-hydroxylation sites is 2. The van der Waals surface area contributed by atoms with Crippen molar-refractivity contribution < 1.29 is 18.0 Å². The second-order valence-corrected chi connectivity index (χ2v) is 3.56. The lowest BCUT2D eigenvalue weighted by atomic mass is 10.2. The molecule has 2 aromatic rings. The summed E-state index contributed by atoms with van der Waals surface area (Å²) in [5.74, 6) is -0.256. The van der Waals surface area contributed by atoms with E-state index in [-0.39, 0.29) is 5.75 Å². The van der Waals surface area contributed by atoms with Gasteiger partial charge in [-0.15, -0.1) is 0 Å². The summed E-state index contributed by atoms with van der Waals surface area (Å²) < 4.78 is 38.0. The molecule has 0 aliphatic carbocycles. The quantitative estimate of drug-likeness (QED) is 0.831. The summed E-state index contributed by atoms with van der Waals surface area (Å²) in [4.78, 5) is 4.98. The summed E-state index contributed by atoms with van der Waals surface area (Å²) >= 11 is 0. The Morgan fingerprint density at radius 2 is 1.44 bits per heavy atom. The average Bonchev–Trinajstić information content (AvgIpc) is 2.37. The first-order chi connectivity index (χ1) is 8.57. The largest absolute Gasteiger partial charge is 0.420 e. The molecule has 0 saturated carbocycles. The number of hydrogen-bond acceptors (Lipinski definition) is 2. The summed E-state index contributed by atoms with van der Waals surface area (Å²) in [7, 11) is 0. The van der Waals surface area contributed by atoms with Crippen LogP contribution in [0.25, 0.3) is 0 Å². The molecule has 0 saturated heterocycles. The van der Waals surface area contributed by atoms with Crippen LogP contribution in [0.5, 0.6) is 5.75 Å². The zero-order chi connectivity index (χ0) is 13.0. The smallest absolute Gasteiger partial charge is 0.382 e. The monoisotopic (exact) mass is 253 g/mol. The van der Waals surface area contributed by atoms with Crippen molar-refractivity contribution in [3.05, 3.63) is 60.2 Å². The molecule has 94 valence electrons. The van der Waals surface area contributed by atoms with Gasteiger partial charge in [0.1, 0.15) is 5.56 Å². The molecule has 0 spiro atoms. The molecular formula is C13H10F3NO. The number of nitrogens with one attached hydrogen (secondary N) is 1. The second-order valence-electron chi connectivity index (χ2n) is 3.56. The maximum Gasteiger partial charge on any atom is 0.420 e. The highest BCUT2D eigenvalue weighted by Crippen LogP contribution is 2.35. The summed E-state index contributed by atoms with van der Waals surface area (Å²) in [6.45, 7) is 0. The molecule has 18 heavy (non-hydrogen) atoms. The number of hydrogen-bond donors (Lipinski definition) is 1. The van der Waals surface area contributed by atoms with Crippen LogP contribution < -0.4 is 10.3 Å². The van der Waals surface area contributed by atoms with Crippen LogP contribution in [0.2, 0.25) is 0 Å². The highest BCUT2D eigenvalue weighted by atomic mass is 19.4. The van der Waals surface area contributed by atoms with E-state index in [1.54, 1.807) is 30.3 Å². The molecule has 2 aromatic carbocycles. The number of rotatable bonds is 3. The van der Waals surface area contributed by atoms with Crippen molar-refractivity contribution >= 4 is 5.69 Å². The maximum absolute atomic E-state index is 12.7. The highest BCUT2D eigenvalue weighted by molar-refractivity contribution is 5.43. The minimum absolute atomic E-state index is 0.256. The predicted molar refractivity (Wildman–Crippen MR) is 62.1 cm³/mol. The van der Waals surface area contributed by atoms with Gasteiger partial charge in [0.05, 0.1) is 5.69 Å². The SMILES string of the molecule is FC(F)(F)c1ccccc1ONc1ccccc1. The number of alkyl halides is 3. The van der Waals surface area contributed by atoms with Crippen LogP contribution in [0.15, 0.2) is 54.6 Å². The Morgan fingerprint density at radius 3 is 2.11 bits per heavy atom. The van der Waals surface area contributed by atoms with Crippen molar-refractivity contribution in [1.29, 1.82) is 0 Å². The third-order valence-electron chi connectivity index (χ3n) is 2.25. The van der Waals surface area contributed by atoms with Crippen LogP contribution in [-0.4, -0.2) is 0 Å². The van der Waals surface area contributed by atoms with Gasteiger partial charge in [-0.25, -0.2) is 5.48 Å². The number of anilines is 1. The van der Waals surface area contributed by atoms with E-state index >= 15 is 0 Å². The van der Waals surface area contributed by atoms with Gasteiger partial charge in [-0.2, -0.15) is 13.2 Å². The van der Waals surface area contributed by atoms with E-state index in [1.165, 1.54) is 18.2 Å². The minimum atomic E-state index is -4.44. The molecule has 0 aliphatic rings. The molecule has 0 atom stereocenters. The lowest BCUT2D eigenvalue weighted by molar-refractivity contribution is -0.138. The first kappa shape index (κ1) is 12.3.